The molecule has 50 heavy (non-hydrogen) atoms. The van der Waals surface area contributed by atoms with Crippen LogP contribution < -0.4 is 0 Å². The highest BCUT2D eigenvalue weighted by Crippen LogP contribution is 2.71. The van der Waals surface area contributed by atoms with E-state index in [1.807, 2.05) is 27.7 Å². The van der Waals surface area contributed by atoms with Crippen LogP contribution in [0.1, 0.15) is 171 Å². The minimum absolute atomic E-state index is 0.00152. The van der Waals surface area contributed by atoms with Gasteiger partial charge in [0, 0.05) is 0 Å². The summed E-state index contributed by atoms with van der Waals surface area (Å²) < 4.78 is 55.5. The van der Waals surface area contributed by atoms with E-state index in [0.717, 1.165) is 103 Å². The third-order valence-corrected chi connectivity index (χ3v) is 15.7. The maximum atomic E-state index is 15.4. The maximum Gasteiger partial charge on any atom is 0.346 e. The lowest BCUT2D eigenvalue weighted by molar-refractivity contribution is -0.140. The van der Waals surface area contributed by atoms with Crippen LogP contribution in [0.5, 0.6) is 0 Å². The fourth-order valence-electron chi connectivity index (χ4n) is 6.33. The highest BCUT2D eigenvalue weighted by atomic mass is 31.2. The number of hydrogen-bond acceptors (Lipinski definition) is 8. The van der Waals surface area contributed by atoms with Crippen LogP contribution in [0, 0.1) is 23.7 Å². The molecule has 0 aliphatic carbocycles. The van der Waals surface area contributed by atoms with Crippen molar-refractivity contribution in [2.24, 2.45) is 23.7 Å². The number of aliphatic carboxylic acids is 2. The highest BCUT2D eigenvalue weighted by Gasteiger charge is 2.64. The molecule has 0 aliphatic rings. The van der Waals surface area contributed by atoms with Crippen molar-refractivity contribution in [2.75, 3.05) is 26.4 Å². The number of carboxylic acids is 2. The van der Waals surface area contributed by atoms with Gasteiger partial charge in [0.25, 0.3) is 0 Å². The van der Waals surface area contributed by atoms with E-state index >= 15 is 9.13 Å². The van der Waals surface area contributed by atoms with Crippen LogP contribution in [-0.2, 0) is 36.8 Å². The van der Waals surface area contributed by atoms with Gasteiger partial charge in [0.15, 0.2) is 5.66 Å². The third-order valence-electron chi connectivity index (χ3n) is 10.4. The molecular formula is C38H76O10P2. The number of hydrogen-bond donors (Lipinski definition) is 2. The van der Waals surface area contributed by atoms with Crippen LogP contribution in [0.3, 0.4) is 0 Å². The van der Waals surface area contributed by atoms with Gasteiger partial charge in [0.2, 0.25) is 0 Å². The third kappa shape index (κ3) is 16.9. The van der Waals surface area contributed by atoms with Gasteiger partial charge in [0.1, 0.15) is 5.16 Å². The van der Waals surface area contributed by atoms with Gasteiger partial charge in [-0.15, -0.1) is 0 Å². The fraction of sp³-hybridized carbons (Fsp3) is 0.947. The number of carboxylic acid groups (broad SMARTS) is 2. The highest BCUT2D eigenvalue weighted by molar-refractivity contribution is 7.60. The summed E-state index contributed by atoms with van der Waals surface area (Å²) in [5, 5.41) is 19.0. The lowest BCUT2D eigenvalue weighted by atomic mass is 10.0. The summed E-state index contributed by atoms with van der Waals surface area (Å²) in [5.74, 6) is -3.04. The molecule has 0 saturated carbocycles. The Labute approximate surface area is 306 Å². The lowest BCUT2D eigenvalue weighted by Crippen LogP contribution is -2.48. The summed E-state index contributed by atoms with van der Waals surface area (Å²) in [6, 6.07) is 0. The molecule has 0 amide bonds. The predicted molar refractivity (Wildman–Crippen MR) is 204 cm³/mol. The first-order chi connectivity index (χ1) is 23.7. The van der Waals surface area contributed by atoms with Crippen molar-refractivity contribution in [3.8, 4) is 0 Å². The van der Waals surface area contributed by atoms with Crippen molar-refractivity contribution in [2.45, 2.75) is 182 Å². The van der Waals surface area contributed by atoms with Crippen molar-refractivity contribution >= 4 is 27.1 Å². The standard InChI is InChI=1S/C38H76O10P2/c1-10-18-22-31(14-5)27-45-49(43,46-28-32(15-6)23-19-11-2)36(37(41)42)38(9,26-35(39)40)50(44,47-29-33(16-7)24-20-12-3)48-30-34(17-8)25-21-13-4/h31-34,36H,10-30H2,1-9H3,(H,39,40)(H,41,42). The topological polar surface area (TPSA) is 146 Å². The minimum atomic E-state index is -4.70. The van der Waals surface area contributed by atoms with Crippen molar-refractivity contribution in [3.63, 3.8) is 0 Å². The fourth-order valence-corrected chi connectivity index (χ4v) is 11.6. The van der Waals surface area contributed by atoms with Gasteiger partial charge < -0.3 is 28.3 Å². The SMILES string of the molecule is CCCCC(CC)COP(=O)(OCC(CC)CCCC)C(C(=O)O)C(C)(CC(=O)O)P(=O)(OCC(CC)CCCC)OCC(CC)CCCC. The Morgan fingerprint density at radius 3 is 1.10 bits per heavy atom. The molecule has 0 bridgehead atoms. The van der Waals surface area contributed by atoms with Crippen molar-refractivity contribution < 1.29 is 47.0 Å². The molecule has 298 valence electrons. The zero-order valence-corrected chi connectivity index (χ0v) is 35.1. The first-order valence-electron chi connectivity index (χ1n) is 19.9. The summed E-state index contributed by atoms with van der Waals surface area (Å²) in [7, 11) is -9.33. The Bertz CT molecular complexity index is 960. The molecule has 0 aromatic carbocycles. The molecule has 0 rings (SSSR count). The second-order valence-corrected chi connectivity index (χ2v) is 19.2. The van der Waals surface area contributed by atoms with Crippen LogP contribution in [0.2, 0.25) is 0 Å². The average molecular weight is 755 g/mol. The molecule has 2 N–H and O–H groups in total. The van der Waals surface area contributed by atoms with E-state index < -0.39 is 44.4 Å². The normalized spacial score (nSPS) is 18.7. The van der Waals surface area contributed by atoms with Crippen LogP contribution in [-0.4, -0.2) is 59.4 Å². The van der Waals surface area contributed by atoms with E-state index in [0.29, 0.717) is 0 Å². The molecule has 6 atom stereocenters. The zero-order valence-electron chi connectivity index (χ0n) is 33.3. The van der Waals surface area contributed by atoms with Crippen molar-refractivity contribution in [3.05, 3.63) is 0 Å². The number of carbonyl (C=O) groups is 2. The monoisotopic (exact) mass is 754 g/mol. The van der Waals surface area contributed by atoms with E-state index in [1.54, 1.807) is 0 Å². The Hall–Kier alpha value is -0.760. The van der Waals surface area contributed by atoms with Gasteiger partial charge in [-0.25, -0.2) is 0 Å². The van der Waals surface area contributed by atoms with Gasteiger partial charge in [-0.05, 0) is 56.3 Å². The van der Waals surface area contributed by atoms with E-state index in [4.69, 9.17) is 18.1 Å². The minimum Gasteiger partial charge on any atom is -0.481 e. The lowest BCUT2D eigenvalue weighted by Gasteiger charge is -2.42. The molecule has 6 unspecified atom stereocenters. The van der Waals surface area contributed by atoms with Crippen LogP contribution in [0.4, 0.5) is 0 Å². The average Bonchev–Trinajstić information content (AvgIpc) is 3.08. The molecule has 0 aliphatic heterocycles. The maximum absolute atomic E-state index is 15.4. The van der Waals surface area contributed by atoms with E-state index in [9.17, 15) is 19.8 Å². The van der Waals surface area contributed by atoms with Gasteiger partial charge in [0.05, 0.1) is 32.8 Å². The Kier molecular flexibility index (Phi) is 26.5. The van der Waals surface area contributed by atoms with Gasteiger partial charge in [-0.3, -0.25) is 18.7 Å². The van der Waals surface area contributed by atoms with Gasteiger partial charge in [-0.1, -0.05) is 132 Å². The molecule has 0 fully saturated rings. The molecule has 0 heterocycles. The van der Waals surface area contributed by atoms with Crippen LogP contribution in [0.25, 0.3) is 0 Å². The molecule has 12 heteroatoms. The number of unbranched alkanes of at least 4 members (excludes halogenated alkanes) is 4. The van der Waals surface area contributed by atoms with E-state index in [1.165, 1.54) is 6.92 Å². The van der Waals surface area contributed by atoms with Gasteiger partial charge >= 0.3 is 27.1 Å². The number of rotatable bonds is 34. The Balaban J connectivity index is 7.37. The summed E-state index contributed by atoms with van der Waals surface area (Å²) in [4.78, 5) is 26.2. The molecule has 0 aromatic heterocycles. The Morgan fingerprint density at radius 1 is 0.560 bits per heavy atom. The van der Waals surface area contributed by atoms with E-state index in [-0.39, 0.29) is 50.1 Å². The van der Waals surface area contributed by atoms with Crippen LogP contribution >= 0.6 is 15.2 Å². The van der Waals surface area contributed by atoms with Gasteiger partial charge in [-0.2, -0.15) is 0 Å². The van der Waals surface area contributed by atoms with E-state index in [2.05, 4.69) is 27.7 Å². The summed E-state index contributed by atoms with van der Waals surface area (Å²) in [6.45, 7) is 17.5. The first kappa shape index (κ1) is 49.2. The zero-order chi connectivity index (χ0) is 38.2. The molecule has 0 radical (unpaired) electrons. The van der Waals surface area contributed by atoms with Crippen LogP contribution in [0.15, 0.2) is 0 Å². The first-order valence-corrected chi connectivity index (χ1v) is 23.1. The Morgan fingerprint density at radius 2 is 0.860 bits per heavy atom. The predicted octanol–water partition coefficient (Wildman–Crippen LogP) is 12.0. The smallest absolute Gasteiger partial charge is 0.346 e. The molecule has 0 spiro atoms. The van der Waals surface area contributed by atoms with Crippen molar-refractivity contribution in [1.82, 2.24) is 0 Å². The quantitative estimate of drug-likeness (QED) is 0.0609. The summed E-state index contributed by atoms with van der Waals surface area (Å²) in [5.41, 5.74) is -2.12. The second-order valence-electron chi connectivity index (χ2n) is 14.6. The molecular weight excluding hydrogens is 678 g/mol. The summed E-state index contributed by atoms with van der Waals surface area (Å²) in [6.07, 6.45) is 12.7. The van der Waals surface area contributed by atoms with Crippen molar-refractivity contribution in [1.29, 1.82) is 0 Å². The summed E-state index contributed by atoms with van der Waals surface area (Å²) >= 11 is 0. The molecule has 10 nitrogen and oxygen atoms in total. The molecule has 0 aromatic rings. The molecule has 0 saturated heterocycles. The second kappa shape index (κ2) is 26.9. The largest absolute Gasteiger partial charge is 0.481 e.